The van der Waals surface area contributed by atoms with E-state index < -0.39 is 17.4 Å². The van der Waals surface area contributed by atoms with E-state index >= 15 is 0 Å². The molecule has 0 saturated carbocycles. The van der Waals surface area contributed by atoms with Gasteiger partial charge in [0.25, 0.3) is 5.82 Å². The standard InChI is InChI=1S/C26H29F3N6O/c1-6-19-15-34(24-23-21(33(5)25(36)32-24)12-13-22(30-4)31-23)16(3)14-35(19)20(7-2)17-8-10-18(11-9-17)26(27,28)29/h8-13,16,19-20H,6-7,14-15H2,1-3,5H3/t16-,19+,20?/m0/s1. The first-order chi connectivity index (χ1) is 17.1. The largest absolute Gasteiger partial charge is 0.416 e. The lowest BCUT2D eigenvalue weighted by molar-refractivity contribution is -0.137. The van der Waals surface area contributed by atoms with E-state index in [2.05, 4.69) is 31.5 Å². The summed E-state index contributed by atoms with van der Waals surface area (Å²) in [5.74, 6) is 0.697. The number of anilines is 1. The molecule has 0 bridgehead atoms. The van der Waals surface area contributed by atoms with Crippen LogP contribution in [0.1, 0.15) is 50.8 Å². The Kier molecular flexibility index (Phi) is 7.05. The number of halogens is 3. The zero-order valence-corrected chi connectivity index (χ0v) is 20.8. The van der Waals surface area contributed by atoms with E-state index in [0.717, 1.165) is 30.5 Å². The first-order valence-electron chi connectivity index (χ1n) is 12.0. The van der Waals surface area contributed by atoms with Crippen molar-refractivity contribution in [2.45, 2.75) is 57.9 Å². The maximum Gasteiger partial charge on any atom is 0.416 e. The zero-order chi connectivity index (χ0) is 26.2. The summed E-state index contributed by atoms with van der Waals surface area (Å²) in [6, 6.07) is 8.75. The van der Waals surface area contributed by atoms with Gasteiger partial charge in [-0.25, -0.2) is 4.79 Å². The lowest BCUT2D eigenvalue weighted by atomic mass is 9.95. The normalized spacial score (nSPS) is 19.9. The summed E-state index contributed by atoms with van der Waals surface area (Å²) in [5.41, 5.74) is 0.923. The fourth-order valence-corrected chi connectivity index (χ4v) is 5.12. The third-order valence-electron chi connectivity index (χ3n) is 7.07. The molecule has 2 aromatic heterocycles. The molecule has 1 saturated heterocycles. The van der Waals surface area contributed by atoms with E-state index in [0.29, 0.717) is 29.9 Å². The van der Waals surface area contributed by atoms with E-state index in [1.807, 2.05) is 13.8 Å². The highest BCUT2D eigenvalue weighted by molar-refractivity contribution is 5.87. The van der Waals surface area contributed by atoms with Gasteiger partial charge >= 0.3 is 11.9 Å². The third-order valence-corrected chi connectivity index (χ3v) is 7.07. The molecule has 36 heavy (non-hydrogen) atoms. The Labute approximate surface area is 208 Å². The number of aromatic nitrogens is 3. The molecule has 3 heterocycles. The Balaban J connectivity index is 1.69. The number of nitrogens with zero attached hydrogens (tertiary/aromatic N) is 6. The van der Waals surface area contributed by atoms with Gasteiger partial charge in [-0.15, -0.1) is 4.98 Å². The Bertz CT molecular complexity index is 1350. The molecule has 0 aliphatic carbocycles. The molecule has 10 heteroatoms. The minimum atomic E-state index is -4.37. The summed E-state index contributed by atoms with van der Waals surface area (Å²) in [6.45, 7) is 14.7. The second kappa shape index (κ2) is 9.90. The van der Waals surface area contributed by atoms with E-state index in [1.165, 1.54) is 4.57 Å². The summed E-state index contributed by atoms with van der Waals surface area (Å²) in [5, 5.41) is 0. The van der Waals surface area contributed by atoms with Crippen molar-refractivity contribution >= 4 is 22.7 Å². The second-order valence-electron chi connectivity index (χ2n) is 9.23. The highest BCUT2D eigenvalue weighted by atomic mass is 19.4. The van der Waals surface area contributed by atoms with Gasteiger partial charge < -0.3 is 9.74 Å². The molecule has 1 aliphatic rings. The number of benzene rings is 1. The fraction of sp³-hybridized carbons (Fsp3) is 0.462. The lowest BCUT2D eigenvalue weighted by Gasteiger charge is -2.48. The van der Waals surface area contributed by atoms with Crippen LogP contribution in [0.2, 0.25) is 0 Å². The number of piperazine rings is 1. The van der Waals surface area contributed by atoms with Gasteiger partial charge in [0.2, 0.25) is 5.52 Å². The van der Waals surface area contributed by atoms with Crippen molar-refractivity contribution in [2.24, 2.45) is 7.05 Å². The molecule has 0 radical (unpaired) electrons. The van der Waals surface area contributed by atoms with Gasteiger partial charge in [0.1, 0.15) is 0 Å². The van der Waals surface area contributed by atoms with Crippen LogP contribution in [0.15, 0.2) is 41.2 Å². The maximum atomic E-state index is 13.1. The molecule has 1 aliphatic heterocycles. The molecule has 0 N–H and O–H groups in total. The van der Waals surface area contributed by atoms with Crippen LogP contribution in [0.25, 0.3) is 15.9 Å². The second-order valence-corrected chi connectivity index (χ2v) is 9.23. The minimum absolute atomic E-state index is 0.0398. The number of fused-ring (bicyclic) bond motifs is 1. The first kappa shape index (κ1) is 25.6. The predicted octanol–water partition coefficient (Wildman–Crippen LogP) is 5.34. The van der Waals surface area contributed by atoms with Gasteiger partial charge in [-0.05, 0) is 49.6 Å². The fourth-order valence-electron chi connectivity index (χ4n) is 5.12. The van der Waals surface area contributed by atoms with Crippen LogP contribution < -0.4 is 10.6 Å². The van der Waals surface area contributed by atoms with Crippen molar-refractivity contribution in [3.8, 4) is 0 Å². The summed E-state index contributed by atoms with van der Waals surface area (Å²) < 4.78 is 40.6. The minimum Gasteiger partial charge on any atom is -0.361 e. The number of alkyl halides is 3. The molecule has 0 amide bonds. The first-order valence-corrected chi connectivity index (χ1v) is 12.0. The molecular weight excluding hydrogens is 469 g/mol. The number of rotatable bonds is 5. The molecule has 190 valence electrons. The molecule has 1 unspecified atom stereocenters. The average molecular weight is 499 g/mol. The number of aryl methyl sites for hydroxylation is 1. The molecule has 3 aromatic rings. The van der Waals surface area contributed by atoms with E-state index in [1.54, 1.807) is 31.3 Å². The Morgan fingerprint density at radius 1 is 1.11 bits per heavy atom. The van der Waals surface area contributed by atoms with E-state index in [4.69, 9.17) is 6.57 Å². The van der Waals surface area contributed by atoms with Gasteiger partial charge in [-0.2, -0.15) is 18.2 Å². The number of hydrogen-bond donors (Lipinski definition) is 0. The molecule has 1 fully saturated rings. The lowest BCUT2D eigenvalue weighted by Crippen LogP contribution is -2.58. The monoisotopic (exact) mass is 498 g/mol. The van der Waals surface area contributed by atoms with Crippen molar-refractivity contribution < 1.29 is 13.2 Å². The van der Waals surface area contributed by atoms with Crippen LogP contribution in [-0.4, -0.2) is 44.6 Å². The molecule has 1 aromatic carbocycles. The van der Waals surface area contributed by atoms with Gasteiger partial charge in [-0.3, -0.25) is 9.47 Å². The summed E-state index contributed by atoms with van der Waals surface area (Å²) in [4.78, 5) is 29.3. The van der Waals surface area contributed by atoms with Crippen LogP contribution in [0.3, 0.4) is 0 Å². The van der Waals surface area contributed by atoms with Crippen LogP contribution >= 0.6 is 0 Å². The van der Waals surface area contributed by atoms with Crippen LogP contribution in [0.5, 0.6) is 0 Å². The maximum absolute atomic E-state index is 13.1. The highest BCUT2D eigenvalue weighted by Crippen LogP contribution is 2.36. The summed E-state index contributed by atoms with van der Waals surface area (Å²) >= 11 is 0. The van der Waals surface area contributed by atoms with Gasteiger partial charge in [0, 0.05) is 38.3 Å². The predicted molar refractivity (Wildman–Crippen MR) is 133 cm³/mol. The average Bonchev–Trinajstić information content (AvgIpc) is 2.86. The van der Waals surface area contributed by atoms with Gasteiger partial charge in [-0.1, -0.05) is 32.6 Å². The van der Waals surface area contributed by atoms with Crippen molar-refractivity contribution in [2.75, 3.05) is 18.0 Å². The van der Waals surface area contributed by atoms with E-state index in [-0.39, 0.29) is 23.9 Å². The molecule has 7 nitrogen and oxygen atoms in total. The zero-order valence-electron chi connectivity index (χ0n) is 20.8. The Morgan fingerprint density at radius 2 is 1.81 bits per heavy atom. The van der Waals surface area contributed by atoms with Crippen molar-refractivity contribution in [3.63, 3.8) is 0 Å². The quantitative estimate of drug-likeness (QED) is 0.445. The summed E-state index contributed by atoms with van der Waals surface area (Å²) in [7, 11) is 1.63. The van der Waals surface area contributed by atoms with Crippen molar-refractivity contribution in [3.05, 3.63) is 69.4 Å². The number of hydrogen-bond acceptors (Lipinski definition) is 5. The van der Waals surface area contributed by atoms with Gasteiger partial charge in [0.15, 0.2) is 5.82 Å². The Hall–Kier alpha value is -3.45. The van der Waals surface area contributed by atoms with Crippen LogP contribution in [0, 0.1) is 6.57 Å². The number of pyridine rings is 1. The highest BCUT2D eigenvalue weighted by Gasteiger charge is 2.37. The van der Waals surface area contributed by atoms with Gasteiger partial charge in [0.05, 0.1) is 11.1 Å². The SMILES string of the molecule is [C-]#[N+]c1ccc2c(n1)c(N1C[C@@H](CC)N(C(CC)c3ccc(C(F)(F)F)cc3)C[C@@H]1C)nc(=O)n2C. The van der Waals surface area contributed by atoms with Crippen molar-refractivity contribution in [1.29, 1.82) is 0 Å². The third kappa shape index (κ3) is 4.67. The Morgan fingerprint density at radius 3 is 2.39 bits per heavy atom. The summed E-state index contributed by atoms with van der Waals surface area (Å²) in [6.07, 6.45) is -2.81. The molecule has 4 rings (SSSR count). The van der Waals surface area contributed by atoms with Crippen molar-refractivity contribution in [1.82, 2.24) is 19.4 Å². The molecule has 0 spiro atoms. The van der Waals surface area contributed by atoms with E-state index in [9.17, 15) is 18.0 Å². The van der Waals surface area contributed by atoms with Crippen LogP contribution in [0.4, 0.5) is 24.8 Å². The molecular formula is C26H29F3N6O. The van der Waals surface area contributed by atoms with Crippen LogP contribution in [-0.2, 0) is 13.2 Å². The topological polar surface area (TPSA) is 58.6 Å². The molecule has 3 atom stereocenters. The smallest absolute Gasteiger partial charge is 0.361 e.